The SMILES string of the molecule is CCN1CCCCC1CNc1ncnc(C)c1C. The first-order valence-electron chi connectivity index (χ1n) is 6.98. The van der Waals surface area contributed by atoms with Gasteiger partial charge in [-0.25, -0.2) is 9.97 Å². The predicted molar refractivity (Wildman–Crippen MR) is 74.9 cm³/mol. The van der Waals surface area contributed by atoms with Crippen molar-refractivity contribution in [2.45, 2.75) is 46.1 Å². The average Bonchev–Trinajstić information content (AvgIpc) is 2.41. The third-order valence-corrected chi connectivity index (χ3v) is 4.00. The van der Waals surface area contributed by atoms with Crippen molar-refractivity contribution in [3.8, 4) is 0 Å². The second-order valence-electron chi connectivity index (χ2n) is 5.09. The number of nitrogens with zero attached hydrogens (tertiary/aromatic N) is 3. The van der Waals surface area contributed by atoms with Crippen LogP contribution in [0.5, 0.6) is 0 Å². The fourth-order valence-electron chi connectivity index (χ4n) is 2.64. The van der Waals surface area contributed by atoms with Gasteiger partial charge >= 0.3 is 0 Å². The molecule has 1 unspecified atom stereocenters. The molecule has 1 aromatic heterocycles. The summed E-state index contributed by atoms with van der Waals surface area (Å²) in [5.74, 6) is 0.990. The second kappa shape index (κ2) is 6.14. The Hall–Kier alpha value is -1.16. The van der Waals surface area contributed by atoms with Gasteiger partial charge in [0, 0.05) is 23.8 Å². The largest absolute Gasteiger partial charge is 0.368 e. The van der Waals surface area contributed by atoms with E-state index in [0.29, 0.717) is 6.04 Å². The standard InChI is InChI=1S/C14H24N4/c1-4-18-8-6-5-7-13(18)9-15-14-11(2)12(3)16-10-17-14/h10,13H,4-9H2,1-3H3,(H,15,16,17). The zero-order chi connectivity index (χ0) is 13.0. The normalized spacial score (nSPS) is 20.9. The van der Waals surface area contributed by atoms with Crippen molar-refractivity contribution in [1.82, 2.24) is 14.9 Å². The highest BCUT2D eigenvalue weighted by Crippen LogP contribution is 2.18. The van der Waals surface area contributed by atoms with Crippen molar-refractivity contribution < 1.29 is 0 Å². The first-order valence-corrected chi connectivity index (χ1v) is 6.98. The van der Waals surface area contributed by atoms with Crippen LogP contribution in [-0.2, 0) is 0 Å². The molecule has 1 N–H and O–H groups in total. The van der Waals surface area contributed by atoms with Crippen LogP contribution in [0.3, 0.4) is 0 Å². The molecular weight excluding hydrogens is 224 g/mol. The quantitative estimate of drug-likeness (QED) is 0.888. The Kier molecular flexibility index (Phi) is 4.53. The molecule has 1 aromatic rings. The van der Waals surface area contributed by atoms with E-state index in [9.17, 15) is 0 Å². The number of hydrogen-bond donors (Lipinski definition) is 1. The number of likely N-dealkylation sites (N-methyl/N-ethyl adjacent to an activating group) is 1. The summed E-state index contributed by atoms with van der Waals surface area (Å²) in [6.07, 6.45) is 5.63. The average molecular weight is 248 g/mol. The lowest BCUT2D eigenvalue weighted by molar-refractivity contribution is 0.164. The van der Waals surface area contributed by atoms with E-state index in [1.807, 2.05) is 6.92 Å². The zero-order valence-corrected chi connectivity index (χ0v) is 11.7. The summed E-state index contributed by atoms with van der Waals surface area (Å²) in [6, 6.07) is 0.651. The Morgan fingerprint density at radius 3 is 2.94 bits per heavy atom. The van der Waals surface area contributed by atoms with Crippen LogP contribution in [0.1, 0.15) is 37.4 Å². The number of nitrogens with one attached hydrogen (secondary N) is 1. The van der Waals surface area contributed by atoms with Crippen molar-refractivity contribution in [2.24, 2.45) is 0 Å². The van der Waals surface area contributed by atoms with Crippen LogP contribution >= 0.6 is 0 Å². The van der Waals surface area contributed by atoms with Crippen molar-refractivity contribution in [2.75, 3.05) is 25.0 Å². The van der Waals surface area contributed by atoms with Crippen LogP contribution in [-0.4, -0.2) is 40.5 Å². The molecule has 1 aliphatic rings. The smallest absolute Gasteiger partial charge is 0.132 e. The molecule has 18 heavy (non-hydrogen) atoms. The second-order valence-corrected chi connectivity index (χ2v) is 5.09. The fourth-order valence-corrected chi connectivity index (χ4v) is 2.64. The van der Waals surface area contributed by atoms with Gasteiger partial charge in [-0.05, 0) is 39.8 Å². The van der Waals surface area contributed by atoms with E-state index in [0.717, 1.165) is 30.2 Å². The molecule has 0 aromatic carbocycles. The molecule has 4 heteroatoms. The summed E-state index contributed by atoms with van der Waals surface area (Å²) in [5, 5.41) is 3.50. The molecule has 2 rings (SSSR count). The van der Waals surface area contributed by atoms with Crippen LogP contribution < -0.4 is 5.32 Å². The van der Waals surface area contributed by atoms with Crippen LogP contribution in [0.4, 0.5) is 5.82 Å². The van der Waals surface area contributed by atoms with E-state index >= 15 is 0 Å². The van der Waals surface area contributed by atoms with Crippen molar-refractivity contribution in [1.29, 1.82) is 0 Å². The number of piperidine rings is 1. The molecule has 0 amide bonds. The van der Waals surface area contributed by atoms with Gasteiger partial charge in [0.05, 0.1) is 0 Å². The molecule has 2 heterocycles. The van der Waals surface area contributed by atoms with Crippen LogP contribution in [0.15, 0.2) is 6.33 Å². The summed E-state index contributed by atoms with van der Waals surface area (Å²) in [4.78, 5) is 11.1. The number of rotatable bonds is 4. The van der Waals surface area contributed by atoms with Gasteiger partial charge in [-0.15, -0.1) is 0 Å². The maximum absolute atomic E-state index is 4.33. The third-order valence-electron chi connectivity index (χ3n) is 4.00. The van der Waals surface area contributed by atoms with Gasteiger partial charge in [0.2, 0.25) is 0 Å². The first-order chi connectivity index (χ1) is 8.72. The molecule has 0 saturated carbocycles. The Bertz CT molecular complexity index is 391. The topological polar surface area (TPSA) is 41.0 Å². The molecule has 0 radical (unpaired) electrons. The first kappa shape index (κ1) is 13.3. The Balaban J connectivity index is 1.96. The van der Waals surface area contributed by atoms with E-state index in [4.69, 9.17) is 0 Å². The molecule has 0 aliphatic carbocycles. The van der Waals surface area contributed by atoms with Gasteiger partial charge < -0.3 is 5.32 Å². The van der Waals surface area contributed by atoms with Gasteiger partial charge in [-0.1, -0.05) is 13.3 Å². The molecule has 100 valence electrons. The molecule has 0 spiro atoms. The highest BCUT2D eigenvalue weighted by molar-refractivity contribution is 5.44. The minimum Gasteiger partial charge on any atom is -0.368 e. The molecule has 1 atom stereocenters. The van der Waals surface area contributed by atoms with Gasteiger partial charge in [0.25, 0.3) is 0 Å². The van der Waals surface area contributed by atoms with Gasteiger partial charge in [0.1, 0.15) is 12.1 Å². The number of hydrogen-bond acceptors (Lipinski definition) is 4. The fraction of sp³-hybridized carbons (Fsp3) is 0.714. The highest BCUT2D eigenvalue weighted by atomic mass is 15.2. The lowest BCUT2D eigenvalue weighted by Crippen LogP contribution is -2.43. The van der Waals surface area contributed by atoms with Crippen molar-refractivity contribution >= 4 is 5.82 Å². The highest BCUT2D eigenvalue weighted by Gasteiger charge is 2.20. The summed E-state index contributed by atoms with van der Waals surface area (Å²) < 4.78 is 0. The molecule has 1 fully saturated rings. The summed E-state index contributed by atoms with van der Waals surface area (Å²) in [5.41, 5.74) is 2.22. The monoisotopic (exact) mass is 248 g/mol. The summed E-state index contributed by atoms with van der Waals surface area (Å²) in [6.45, 7) is 9.74. The number of aromatic nitrogens is 2. The lowest BCUT2D eigenvalue weighted by atomic mass is 10.0. The van der Waals surface area contributed by atoms with Gasteiger partial charge in [-0.2, -0.15) is 0 Å². The molecule has 4 nitrogen and oxygen atoms in total. The minimum absolute atomic E-state index is 0.651. The van der Waals surface area contributed by atoms with Gasteiger partial charge in [0.15, 0.2) is 0 Å². The molecule has 1 aliphatic heterocycles. The number of likely N-dealkylation sites (tertiary alicyclic amines) is 1. The van der Waals surface area contributed by atoms with E-state index in [1.165, 1.54) is 25.8 Å². The molecule has 0 bridgehead atoms. The van der Waals surface area contributed by atoms with Crippen LogP contribution in [0, 0.1) is 13.8 Å². The van der Waals surface area contributed by atoms with Crippen molar-refractivity contribution in [3.63, 3.8) is 0 Å². The Morgan fingerprint density at radius 1 is 1.33 bits per heavy atom. The number of anilines is 1. The summed E-state index contributed by atoms with van der Waals surface area (Å²) in [7, 11) is 0. The van der Waals surface area contributed by atoms with E-state index in [1.54, 1.807) is 6.33 Å². The van der Waals surface area contributed by atoms with Crippen LogP contribution in [0.25, 0.3) is 0 Å². The predicted octanol–water partition coefficient (Wildman–Crippen LogP) is 2.38. The maximum Gasteiger partial charge on any atom is 0.132 e. The van der Waals surface area contributed by atoms with Gasteiger partial charge in [-0.3, -0.25) is 4.90 Å². The van der Waals surface area contributed by atoms with E-state index in [-0.39, 0.29) is 0 Å². The van der Waals surface area contributed by atoms with E-state index in [2.05, 4.69) is 34.0 Å². The van der Waals surface area contributed by atoms with E-state index < -0.39 is 0 Å². The van der Waals surface area contributed by atoms with Crippen LogP contribution in [0.2, 0.25) is 0 Å². The molecular formula is C14H24N4. The molecule has 1 saturated heterocycles. The maximum atomic E-state index is 4.33. The lowest BCUT2D eigenvalue weighted by Gasteiger charge is -2.35. The van der Waals surface area contributed by atoms with Crippen molar-refractivity contribution in [3.05, 3.63) is 17.6 Å². The number of aryl methyl sites for hydroxylation is 1. The minimum atomic E-state index is 0.651. The Morgan fingerprint density at radius 2 is 2.17 bits per heavy atom. The summed E-state index contributed by atoms with van der Waals surface area (Å²) >= 11 is 0. The Labute approximate surface area is 110 Å². The third kappa shape index (κ3) is 2.99. The zero-order valence-electron chi connectivity index (χ0n) is 11.7.